The van der Waals surface area contributed by atoms with E-state index >= 15 is 0 Å². The maximum absolute atomic E-state index is 12.0. The van der Waals surface area contributed by atoms with E-state index in [0.29, 0.717) is 21.6 Å². The highest BCUT2D eigenvalue weighted by Crippen LogP contribution is 2.29. The lowest BCUT2D eigenvalue weighted by atomic mass is 10.2. The topological polar surface area (TPSA) is 97.7 Å². The molecule has 0 aliphatic rings. The molecule has 1 aromatic heterocycles. The van der Waals surface area contributed by atoms with Crippen LogP contribution in [-0.2, 0) is 0 Å². The number of nitro groups is 1. The van der Waals surface area contributed by atoms with Gasteiger partial charge < -0.3 is 4.42 Å². The Morgan fingerprint density at radius 2 is 1.93 bits per heavy atom. The molecule has 9 heteroatoms. The normalized spacial score (nSPS) is 10.9. The van der Waals surface area contributed by atoms with Crippen LogP contribution in [0.2, 0.25) is 10.0 Å². The maximum atomic E-state index is 12.0. The molecule has 0 saturated heterocycles. The Balaban J connectivity index is 1.67. The molecular weight excluding hydrogens is 393 g/mol. The van der Waals surface area contributed by atoms with Gasteiger partial charge in [0, 0.05) is 23.3 Å². The number of rotatable bonds is 5. The monoisotopic (exact) mass is 403 g/mol. The van der Waals surface area contributed by atoms with Crippen LogP contribution in [0.1, 0.15) is 16.1 Å². The summed E-state index contributed by atoms with van der Waals surface area (Å²) < 4.78 is 5.61. The van der Waals surface area contributed by atoms with E-state index in [2.05, 4.69) is 10.5 Å². The van der Waals surface area contributed by atoms with Gasteiger partial charge in [0.2, 0.25) is 0 Å². The van der Waals surface area contributed by atoms with E-state index in [1.807, 2.05) is 0 Å². The third kappa shape index (κ3) is 4.52. The second-order valence-electron chi connectivity index (χ2n) is 5.34. The zero-order chi connectivity index (χ0) is 19.4. The average Bonchev–Trinajstić information content (AvgIpc) is 3.13. The zero-order valence-electron chi connectivity index (χ0n) is 13.6. The summed E-state index contributed by atoms with van der Waals surface area (Å²) in [5, 5.41) is 15.4. The standard InChI is InChI=1S/C18H11Cl2N3O4/c19-15-6-4-11(9-16(15)20)17-7-5-14(27-17)10-21-22-18(24)12-2-1-3-13(8-12)23(25)26/h1-10H,(H,22,24)/b21-10-. The molecular formula is C18H11Cl2N3O4. The fourth-order valence-electron chi connectivity index (χ4n) is 2.21. The number of amides is 1. The number of hydrogen-bond acceptors (Lipinski definition) is 5. The summed E-state index contributed by atoms with van der Waals surface area (Å²) in [5.41, 5.74) is 2.97. The van der Waals surface area contributed by atoms with E-state index in [-0.39, 0.29) is 11.3 Å². The smallest absolute Gasteiger partial charge is 0.271 e. The first-order valence-electron chi connectivity index (χ1n) is 7.57. The van der Waals surface area contributed by atoms with Crippen molar-refractivity contribution in [2.24, 2.45) is 5.10 Å². The van der Waals surface area contributed by atoms with Crippen LogP contribution in [0.5, 0.6) is 0 Å². The Morgan fingerprint density at radius 3 is 2.67 bits per heavy atom. The summed E-state index contributed by atoms with van der Waals surface area (Å²) in [5.74, 6) is 0.377. The molecule has 7 nitrogen and oxygen atoms in total. The Kier molecular flexibility index (Phi) is 5.54. The summed E-state index contributed by atoms with van der Waals surface area (Å²) in [7, 11) is 0. The second-order valence-corrected chi connectivity index (χ2v) is 6.15. The van der Waals surface area contributed by atoms with Gasteiger partial charge in [0.1, 0.15) is 11.5 Å². The lowest BCUT2D eigenvalue weighted by molar-refractivity contribution is -0.384. The van der Waals surface area contributed by atoms with E-state index in [9.17, 15) is 14.9 Å². The number of carbonyl (C=O) groups is 1. The van der Waals surface area contributed by atoms with Crippen molar-refractivity contribution in [3.63, 3.8) is 0 Å². The average molecular weight is 404 g/mol. The summed E-state index contributed by atoms with van der Waals surface area (Å²) in [4.78, 5) is 22.2. The Labute approximate surface area is 163 Å². The van der Waals surface area contributed by atoms with Crippen LogP contribution in [0.3, 0.4) is 0 Å². The number of furan rings is 1. The van der Waals surface area contributed by atoms with Crippen molar-refractivity contribution in [1.82, 2.24) is 5.43 Å². The predicted molar refractivity (Wildman–Crippen MR) is 102 cm³/mol. The van der Waals surface area contributed by atoms with E-state index in [0.717, 1.165) is 5.56 Å². The molecule has 0 aliphatic carbocycles. The van der Waals surface area contributed by atoms with E-state index in [1.54, 1.807) is 30.3 Å². The van der Waals surface area contributed by atoms with Crippen LogP contribution < -0.4 is 5.43 Å². The Morgan fingerprint density at radius 1 is 1.11 bits per heavy atom. The summed E-state index contributed by atoms with van der Waals surface area (Å²) in [6.07, 6.45) is 1.32. The number of nitrogens with one attached hydrogen (secondary N) is 1. The van der Waals surface area contributed by atoms with Crippen molar-refractivity contribution in [2.45, 2.75) is 0 Å². The van der Waals surface area contributed by atoms with Gasteiger partial charge in [-0.15, -0.1) is 0 Å². The molecule has 1 amide bonds. The Hall–Kier alpha value is -3.16. The fraction of sp³-hybridized carbons (Fsp3) is 0. The van der Waals surface area contributed by atoms with Crippen molar-refractivity contribution in [2.75, 3.05) is 0 Å². The fourth-order valence-corrected chi connectivity index (χ4v) is 2.50. The molecule has 0 unspecified atom stereocenters. The van der Waals surface area contributed by atoms with Crippen molar-refractivity contribution < 1.29 is 14.1 Å². The van der Waals surface area contributed by atoms with Crippen LogP contribution in [-0.4, -0.2) is 17.0 Å². The van der Waals surface area contributed by atoms with Gasteiger partial charge in [-0.05, 0) is 36.4 Å². The molecule has 27 heavy (non-hydrogen) atoms. The van der Waals surface area contributed by atoms with Gasteiger partial charge in [-0.2, -0.15) is 5.10 Å². The molecule has 0 spiro atoms. The molecule has 136 valence electrons. The quantitative estimate of drug-likeness (QED) is 0.371. The highest BCUT2D eigenvalue weighted by Gasteiger charge is 2.11. The third-order valence-electron chi connectivity index (χ3n) is 3.51. The van der Waals surface area contributed by atoms with Gasteiger partial charge in [0.15, 0.2) is 0 Å². The maximum Gasteiger partial charge on any atom is 0.271 e. The van der Waals surface area contributed by atoms with Gasteiger partial charge in [-0.3, -0.25) is 14.9 Å². The molecule has 1 N–H and O–H groups in total. The summed E-state index contributed by atoms with van der Waals surface area (Å²) in [6.45, 7) is 0. The second kappa shape index (κ2) is 8.03. The number of benzene rings is 2. The van der Waals surface area contributed by atoms with E-state index in [4.69, 9.17) is 27.6 Å². The van der Waals surface area contributed by atoms with Crippen LogP contribution in [0.4, 0.5) is 5.69 Å². The first kappa shape index (κ1) is 18.6. The molecule has 0 atom stereocenters. The summed E-state index contributed by atoms with van der Waals surface area (Å²) in [6, 6.07) is 13.8. The van der Waals surface area contributed by atoms with Crippen LogP contribution >= 0.6 is 23.2 Å². The number of nitrogens with zero attached hydrogens (tertiary/aromatic N) is 2. The zero-order valence-corrected chi connectivity index (χ0v) is 15.1. The number of hydrazone groups is 1. The van der Waals surface area contributed by atoms with Gasteiger partial charge in [-0.25, -0.2) is 5.43 Å². The largest absolute Gasteiger partial charge is 0.455 e. The van der Waals surface area contributed by atoms with Crippen molar-refractivity contribution >= 4 is 41.0 Å². The summed E-state index contributed by atoms with van der Waals surface area (Å²) >= 11 is 11.9. The molecule has 3 aromatic rings. The molecule has 0 aliphatic heterocycles. The van der Waals surface area contributed by atoms with Crippen molar-refractivity contribution in [3.05, 3.63) is 86.1 Å². The highest BCUT2D eigenvalue weighted by molar-refractivity contribution is 6.42. The highest BCUT2D eigenvalue weighted by atomic mass is 35.5. The van der Waals surface area contributed by atoms with Gasteiger partial charge in [-0.1, -0.05) is 29.3 Å². The molecule has 0 bridgehead atoms. The number of carbonyl (C=O) groups excluding carboxylic acids is 1. The number of non-ortho nitro benzene ring substituents is 1. The van der Waals surface area contributed by atoms with Crippen molar-refractivity contribution in [3.8, 4) is 11.3 Å². The Bertz CT molecular complexity index is 1050. The van der Waals surface area contributed by atoms with Crippen LogP contribution in [0.15, 0.2) is 64.1 Å². The number of hydrogen-bond donors (Lipinski definition) is 1. The molecule has 1 heterocycles. The lowest BCUT2D eigenvalue weighted by Crippen LogP contribution is -2.17. The minimum Gasteiger partial charge on any atom is -0.455 e. The minimum absolute atomic E-state index is 0.122. The van der Waals surface area contributed by atoms with E-state index in [1.165, 1.54) is 30.5 Å². The SMILES string of the molecule is O=C(N/N=C\c1ccc(-c2ccc(Cl)c(Cl)c2)o1)c1cccc([N+](=O)[O-])c1. The predicted octanol–water partition coefficient (Wildman–Crippen LogP) is 4.93. The van der Waals surface area contributed by atoms with Gasteiger partial charge in [0.05, 0.1) is 21.2 Å². The van der Waals surface area contributed by atoms with Crippen molar-refractivity contribution in [1.29, 1.82) is 0 Å². The number of nitro benzene ring substituents is 1. The lowest BCUT2D eigenvalue weighted by Gasteiger charge is -2.00. The molecule has 0 radical (unpaired) electrons. The van der Waals surface area contributed by atoms with Gasteiger partial charge >= 0.3 is 0 Å². The third-order valence-corrected chi connectivity index (χ3v) is 4.25. The molecule has 0 fully saturated rings. The van der Waals surface area contributed by atoms with Gasteiger partial charge in [0.25, 0.3) is 11.6 Å². The first-order valence-corrected chi connectivity index (χ1v) is 8.33. The van der Waals surface area contributed by atoms with Crippen LogP contribution in [0.25, 0.3) is 11.3 Å². The first-order chi connectivity index (χ1) is 12.9. The minimum atomic E-state index is -0.578. The molecule has 0 saturated carbocycles. The van der Waals surface area contributed by atoms with Crippen LogP contribution in [0, 0.1) is 10.1 Å². The van der Waals surface area contributed by atoms with E-state index < -0.39 is 10.8 Å². The molecule has 2 aromatic carbocycles. The molecule has 3 rings (SSSR count). The number of halogens is 2.